The molecule has 2 N–H and O–H groups in total. The number of aryl methyl sites for hydroxylation is 1. The predicted octanol–water partition coefficient (Wildman–Crippen LogP) is 1.40. The smallest absolute Gasteiger partial charge is 0.356 e. The molecule has 144 valence electrons. The lowest BCUT2D eigenvalue weighted by Crippen LogP contribution is -2.43. The molecule has 2 amide bonds. The monoisotopic (exact) mass is 374 g/mol. The lowest BCUT2D eigenvalue weighted by atomic mass is 10.0. The quantitative estimate of drug-likeness (QED) is 0.820. The Morgan fingerprint density at radius 2 is 2.00 bits per heavy atom. The minimum atomic E-state index is -1.04. The Labute approximate surface area is 156 Å². The van der Waals surface area contributed by atoms with Crippen LogP contribution < -0.4 is 14.8 Å². The Hall–Kier alpha value is -3.23. The van der Waals surface area contributed by atoms with Crippen molar-refractivity contribution in [2.45, 2.75) is 19.5 Å². The number of aromatic carboxylic acids is 1. The van der Waals surface area contributed by atoms with Gasteiger partial charge in [0.1, 0.15) is 0 Å². The van der Waals surface area contributed by atoms with Crippen LogP contribution in [0.15, 0.2) is 18.2 Å². The summed E-state index contributed by atoms with van der Waals surface area (Å²) >= 11 is 0. The van der Waals surface area contributed by atoms with E-state index in [0.29, 0.717) is 43.1 Å². The van der Waals surface area contributed by atoms with E-state index in [4.69, 9.17) is 9.47 Å². The van der Waals surface area contributed by atoms with E-state index in [1.807, 2.05) is 12.1 Å². The highest BCUT2D eigenvalue weighted by Gasteiger charge is 2.28. The van der Waals surface area contributed by atoms with Gasteiger partial charge in [0.25, 0.3) is 0 Å². The Morgan fingerprint density at radius 3 is 2.67 bits per heavy atom. The molecule has 27 heavy (non-hydrogen) atoms. The first-order valence-corrected chi connectivity index (χ1v) is 8.46. The van der Waals surface area contributed by atoms with Crippen LogP contribution in [-0.4, -0.2) is 52.6 Å². The molecule has 1 aliphatic heterocycles. The van der Waals surface area contributed by atoms with Crippen LogP contribution in [0.1, 0.15) is 27.3 Å². The zero-order valence-corrected chi connectivity index (χ0v) is 15.5. The van der Waals surface area contributed by atoms with Crippen molar-refractivity contribution in [2.75, 3.05) is 20.8 Å². The topological polar surface area (TPSA) is 106 Å². The highest BCUT2D eigenvalue weighted by molar-refractivity contribution is 5.87. The minimum Gasteiger partial charge on any atom is -0.493 e. The van der Waals surface area contributed by atoms with Gasteiger partial charge in [-0.15, -0.1) is 0 Å². The van der Waals surface area contributed by atoms with Gasteiger partial charge >= 0.3 is 12.0 Å². The summed E-state index contributed by atoms with van der Waals surface area (Å²) in [7, 11) is 4.82. The number of nitrogens with zero attached hydrogens (tertiary/aromatic N) is 3. The van der Waals surface area contributed by atoms with E-state index < -0.39 is 5.97 Å². The van der Waals surface area contributed by atoms with Crippen LogP contribution in [0.5, 0.6) is 11.5 Å². The number of carboxylic acid groups (broad SMARTS) is 1. The molecule has 0 fully saturated rings. The molecular formula is C18H22N4O5. The van der Waals surface area contributed by atoms with Gasteiger partial charge in [-0.2, -0.15) is 5.10 Å². The number of rotatable bonds is 5. The fourth-order valence-corrected chi connectivity index (χ4v) is 3.20. The summed E-state index contributed by atoms with van der Waals surface area (Å²) in [4.78, 5) is 25.4. The highest BCUT2D eigenvalue weighted by atomic mass is 16.5. The standard InChI is InChI=1S/C18H22N4O5/c1-21-13-10-22(7-6-12(13)16(20-21)17(23)24)18(25)19-9-11-4-5-14(26-2)15(8-11)27-3/h4-5,8H,6-7,9-10H2,1-3H3,(H,19,25)(H,23,24). The van der Waals surface area contributed by atoms with Crippen LogP contribution in [-0.2, 0) is 26.6 Å². The second-order valence-electron chi connectivity index (χ2n) is 6.22. The molecule has 1 aromatic heterocycles. The molecule has 0 saturated carbocycles. The van der Waals surface area contributed by atoms with Crippen LogP contribution in [0.25, 0.3) is 0 Å². The summed E-state index contributed by atoms with van der Waals surface area (Å²) < 4.78 is 12.0. The van der Waals surface area contributed by atoms with E-state index in [1.165, 1.54) is 4.68 Å². The van der Waals surface area contributed by atoms with Crippen molar-refractivity contribution in [1.29, 1.82) is 0 Å². The highest BCUT2D eigenvalue weighted by Crippen LogP contribution is 2.27. The number of hydrogen-bond acceptors (Lipinski definition) is 5. The summed E-state index contributed by atoms with van der Waals surface area (Å²) in [5.74, 6) is 0.183. The molecule has 0 atom stereocenters. The predicted molar refractivity (Wildman–Crippen MR) is 96.1 cm³/mol. The van der Waals surface area contributed by atoms with Crippen LogP contribution in [0.3, 0.4) is 0 Å². The second-order valence-corrected chi connectivity index (χ2v) is 6.22. The van der Waals surface area contributed by atoms with Crippen LogP contribution >= 0.6 is 0 Å². The first-order valence-electron chi connectivity index (χ1n) is 8.46. The number of carboxylic acids is 1. The van der Waals surface area contributed by atoms with Gasteiger partial charge in [-0.3, -0.25) is 4.68 Å². The Morgan fingerprint density at radius 1 is 1.26 bits per heavy atom. The van der Waals surface area contributed by atoms with Crippen molar-refractivity contribution in [1.82, 2.24) is 20.0 Å². The third-order valence-electron chi connectivity index (χ3n) is 4.63. The van der Waals surface area contributed by atoms with Crippen LogP contribution in [0.4, 0.5) is 4.79 Å². The maximum absolute atomic E-state index is 12.5. The van der Waals surface area contributed by atoms with E-state index in [0.717, 1.165) is 11.3 Å². The fourth-order valence-electron chi connectivity index (χ4n) is 3.20. The molecule has 0 radical (unpaired) electrons. The van der Waals surface area contributed by atoms with Gasteiger partial charge in [-0.25, -0.2) is 9.59 Å². The number of benzene rings is 1. The molecule has 0 spiro atoms. The lowest BCUT2D eigenvalue weighted by Gasteiger charge is -2.27. The number of nitrogens with one attached hydrogen (secondary N) is 1. The summed E-state index contributed by atoms with van der Waals surface area (Å²) in [5.41, 5.74) is 2.40. The average molecular weight is 374 g/mol. The van der Waals surface area contributed by atoms with Gasteiger partial charge in [0.15, 0.2) is 17.2 Å². The van der Waals surface area contributed by atoms with Gasteiger partial charge < -0.3 is 24.8 Å². The Bertz CT molecular complexity index is 877. The van der Waals surface area contributed by atoms with Crippen LogP contribution in [0.2, 0.25) is 0 Å². The third-order valence-corrected chi connectivity index (χ3v) is 4.63. The number of carbonyl (C=O) groups is 2. The summed E-state index contributed by atoms with van der Waals surface area (Å²) in [6, 6.07) is 5.24. The normalized spacial score (nSPS) is 13.1. The van der Waals surface area contributed by atoms with Crippen molar-refractivity contribution < 1.29 is 24.2 Å². The zero-order valence-electron chi connectivity index (χ0n) is 15.5. The number of fused-ring (bicyclic) bond motifs is 1. The van der Waals surface area contributed by atoms with Gasteiger partial charge in [0, 0.05) is 25.7 Å². The van der Waals surface area contributed by atoms with Gasteiger partial charge in [0.2, 0.25) is 0 Å². The van der Waals surface area contributed by atoms with Crippen molar-refractivity contribution in [3.05, 3.63) is 40.7 Å². The lowest BCUT2D eigenvalue weighted by molar-refractivity contribution is 0.0688. The van der Waals surface area contributed by atoms with E-state index in [1.54, 1.807) is 32.2 Å². The van der Waals surface area contributed by atoms with Crippen LogP contribution in [0, 0.1) is 0 Å². The van der Waals surface area contributed by atoms with Crippen molar-refractivity contribution >= 4 is 12.0 Å². The summed E-state index contributed by atoms with van der Waals surface area (Å²) in [5, 5.41) is 16.2. The second kappa shape index (κ2) is 7.56. The molecule has 9 heteroatoms. The number of amides is 2. The van der Waals surface area contributed by atoms with E-state index >= 15 is 0 Å². The van der Waals surface area contributed by atoms with Gasteiger partial charge in [0.05, 0.1) is 26.5 Å². The maximum atomic E-state index is 12.5. The van der Waals surface area contributed by atoms with E-state index in [9.17, 15) is 14.7 Å². The first-order chi connectivity index (χ1) is 12.9. The molecule has 0 saturated heterocycles. The van der Waals surface area contributed by atoms with E-state index in [-0.39, 0.29) is 11.7 Å². The number of hydrogen-bond donors (Lipinski definition) is 2. The number of ether oxygens (including phenoxy) is 2. The molecule has 1 aromatic carbocycles. The third kappa shape index (κ3) is 3.67. The zero-order chi connectivity index (χ0) is 19.6. The molecule has 2 aromatic rings. The molecule has 0 bridgehead atoms. The van der Waals surface area contributed by atoms with Gasteiger partial charge in [-0.1, -0.05) is 6.07 Å². The van der Waals surface area contributed by atoms with E-state index in [2.05, 4.69) is 10.4 Å². The number of methoxy groups -OCH3 is 2. The maximum Gasteiger partial charge on any atom is 0.356 e. The average Bonchev–Trinajstić information content (AvgIpc) is 3.02. The first kappa shape index (κ1) is 18.6. The van der Waals surface area contributed by atoms with Crippen molar-refractivity contribution in [2.24, 2.45) is 7.05 Å². The number of urea groups is 1. The minimum absolute atomic E-state index is 0.0675. The SMILES string of the molecule is COc1ccc(CNC(=O)N2CCc3c(C(=O)O)nn(C)c3C2)cc1OC. The fraction of sp³-hybridized carbons (Fsp3) is 0.389. The molecule has 3 rings (SSSR count). The molecular weight excluding hydrogens is 352 g/mol. The molecule has 9 nitrogen and oxygen atoms in total. The largest absolute Gasteiger partial charge is 0.493 e. The number of aromatic nitrogens is 2. The summed E-state index contributed by atoms with van der Waals surface area (Å²) in [6.45, 7) is 1.11. The van der Waals surface area contributed by atoms with Gasteiger partial charge in [-0.05, 0) is 24.1 Å². The molecule has 2 heterocycles. The number of carbonyl (C=O) groups excluding carboxylic acids is 1. The molecule has 0 aliphatic carbocycles. The molecule has 0 unspecified atom stereocenters. The van der Waals surface area contributed by atoms with Crippen molar-refractivity contribution in [3.8, 4) is 11.5 Å². The summed E-state index contributed by atoms with van der Waals surface area (Å²) in [6.07, 6.45) is 0.467. The van der Waals surface area contributed by atoms with Crippen molar-refractivity contribution in [3.63, 3.8) is 0 Å². The Balaban J connectivity index is 1.65. The Kier molecular flexibility index (Phi) is 5.20. The molecule has 1 aliphatic rings.